The normalized spacial score (nSPS) is 22.7. The monoisotopic (exact) mass is 344 g/mol. The van der Waals surface area contributed by atoms with Crippen LogP contribution in [0.15, 0.2) is 23.1 Å². The molecule has 0 heterocycles. The first kappa shape index (κ1) is 16.6. The molecular formula is C14H17ClN2O2S2. The predicted octanol–water partition coefficient (Wildman–Crippen LogP) is 3.16. The summed E-state index contributed by atoms with van der Waals surface area (Å²) in [5.74, 6) is 0. The smallest absolute Gasteiger partial charge is 0.208 e. The number of nitriles is 1. The molecule has 1 N–H and O–H groups in total. The van der Waals surface area contributed by atoms with Gasteiger partial charge in [-0.15, -0.1) is 0 Å². The van der Waals surface area contributed by atoms with Gasteiger partial charge in [0.2, 0.25) is 10.0 Å². The summed E-state index contributed by atoms with van der Waals surface area (Å²) in [6, 6.07) is 6.13. The summed E-state index contributed by atoms with van der Waals surface area (Å²) in [6.07, 6.45) is 5.87. The fourth-order valence-corrected chi connectivity index (χ4v) is 5.16. The molecule has 0 aromatic heterocycles. The van der Waals surface area contributed by atoms with Crippen LogP contribution >= 0.6 is 23.4 Å². The second kappa shape index (κ2) is 7.01. The summed E-state index contributed by atoms with van der Waals surface area (Å²) in [5, 5.41) is 9.53. The van der Waals surface area contributed by atoms with E-state index in [4.69, 9.17) is 16.9 Å². The van der Waals surface area contributed by atoms with Gasteiger partial charge in [0.05, 0.1) is 16.7 Å². The maximum atomic E-state index is 12.5. The molecular weight excluding hydrogens is 328 g/mol. The van der Waals surface area contributed by atoms with Gasteiger partial charge in [-0.25, -0.2) is 13.1 Å². The number of nitrogens with zero attached hydrogens (tertiary/aromatic N) is 1. The molecule has 1 aliphatic carbocycles. The average molecular weight is 345 g/mol. The van der Waals surface area contributed by atoms with Crippen LogP contribution in [0.25, 0.3) is 0 Å². The summed E-state index contributed by atoms with van der Waals surface area (Å²) in [6.45, 7) is 0. The first-order chi connectivity index (χ1) is 9.96. The van der Waals surface area contributed by atoms with Gasteiger partial charge >= 0.3 is 0 Å². The number of sulfonamides is 1. The lowest BCUT2D eigenvalue weighted by atomic mass is 9.96. The van der Waals surface area contributed by atoms with E-state index in [9.17, 15) is 8.42 Å². The third-order valence-corrected chi connectivity index (χ3v) is 6.73. The zero-order valence-corrected chi connectivity index (χ0v) is 14.1. The number of thioether (sulfide) groups is 1. The van der Waals surface area contributed by atoms with Crippen molar-refractivity contribution in [3.63, 3.8) is 0 Å². The van der Waals surface area contributed by atoms with Crippen molar-refractivity contribution in [1.82, 2.24) is 4.72 Å². The van der Waals surface area contributed by atoms with Crippen molar-refractivity contribution in [2.45, 2.75) is 41.9 Å². The summed E-state index contributed by atoms with van der Waals surface area (Å²) < 4.78 is 27.7. The first-order valence-electron chi connectivity index (χ1n) is 6.71. The summed E-state index contributed by atoms with van der Waals surface area (Å²) in [7, 11) is -3.70. The molecule has 2 atom stereocenters. The Morgan fingerprint density at radius 1 is 1.43 bits per heavy atom. The minimum atomic E-state index is -3.70. The molecule has 4 nitrogen and oxygen atoms in total. The van der Waals surface area contributed by atoms with Crippen molar-refractivity contribution in [2.24, 2.45) is 0 Å². The highest BCUT2D eigenvalue weighted by Gasteiger charge is 2.27. The van der Waals surface area contributed by atoms with Gasteiger partial charge < -0.3 is 0 Å². The second-order valence-electron chi connectivity index (χ2n) is 5.10. The van der Waals surface area contributed by atoms with E-state index in [-0.39, 0.29) is 21.5 Å². The molecule has 0 aliphatic heterocycles. The quantitative estimate of drug-likeness (QED) is 0.910. The van der Waals surface area contributed by atoms with Crippen LogP contribution in [-0.2, 0) is 10.0 Å². The van der Waals surface area contributed by atoms with Gasteiger partial charge in [-0.05, 0) is 43.7 Å². The molecule has 0 amide bonds. The summed E-state index contributed by atoms with van der Waals surface area (Å²) in [5.41, 5.74) is 0.283. The van der Waals surface area contributed by atoms with Crippen LogP contribution in [0.2, 0.25) is 5.02 Å². The van der Waals surface area contributed by atoms with Gasteiger partial charge in [0.1, 0.15) is 4.90 Å². The van der Waals surface area contributed by atoms with Crippen LogP contribution in [0, 0.1) is 11.3 Å². The Balaban J connectivity index is 2.21. The van der Waals surface area contributed by atoms with Crippen LogP contribution in [0.1, 0.15) is 31.2 Å². The molecule has 0 spiro atoms. The Morgan fingerprint density at radius 3 is 2.86 bits per heavy atom. The topological polar surface area (TPSA) is 70.0 Å². The number of rotatable bonds is 4. The zero-order chi connectivity index (χ0) is 15.5. The van der Waals surface area contributed by atoms with E-state index in [0.717, 1.165) is 25.7 Å². The molecule has 2 unspecified atom stereocenters. The molecule has 114 valence electrons. The Bertz CT molecular complexity index is 655. The van der Waals surface area contributed by atoms with Crippen molar-refractivity contribution in [3.05, 3.63) is 28.8 Å². The van der Waals surface area contributed by atoms with Gasteiger partial charge in [0.15, 0.2) is 0 Å². The van der Waals surface area contributed by atoms with Gasteiger partial charge in [-0.3, -0.25) is 0 Å². The van der Waals surface area contributed by atoms with Gasteiger partial charge in [0.25, 0.3) is 0 Å². The van der Waals surface area contributed by atoms with Crippen LogP contribution in [0.3, 0.4) is 0 Å². The number of nitrogens with one attached hydrogen (secondary N) is 1. The zero-order valence-electron chi connectivity index (χ0n) is 11.7. The largest absolute Gasteiger partial charge is 0.242 e. The Morgan fingerprint density at radius 2 is 2.19 bits per heavy atom. The lowest BCUT2D eigenvalue weighted by Crippen LogP contribution is -2.39. The molecule has 1 saturated carbocycles. The molecule has 21 heavy (non-hydrogen) atoms. The minimum Gasteiger partial charge on any atom is -0.208 e. The highest BCUT2D eigenvalue weighted by atomic mass is 35.5. The third kappa shape index (κ3) is 4.13. The maximum Gasteiger partial charge on any atom is 0.242 e. The van der Waals surface area contributed by atoms with E-state index in [1.807, 2.05) is 6.07 Å². The van der Waals surface area contributed by atoms with Crippen LogP contribution in [0.4, 0.5) is 0 Å². The Labute approximate surface area is 134 Å². The van der Waals surface area contributed by atoms with Gasteiger partial charge in [0, 0.05) is 11.3 Å². The molecule has 0 radical (unpaired) electrons. The van der Waals surface area contributed by atoms with E-state index >= 15 is 0 Å². The molecule has 0 saturated heterocycles. The van der Waals surface area contributed by atoms with E-state index < -0.39 is 10.0 Å². The number of hydrogen-bond acceptors (Lipinski definition) is 4. The lowest BCUT2D eigenvalue weighted by Gasteiger charge is -2.28. The number of benzene rings is 1. The first-order valence-corrected chi connectivity index (χ1v) is 9.86. The SMILES string of the molecule is CSC1CCCC(NS(=O)(=O)c2cc(C#N)ccc2Cl)C1. The van der Waals surface area contributed by atoms with Crippen molar-refractivity contribution in [2.75, 3.05) is 6.26 Å². The van der Waals surface area contributed by atoms with Crippen molar-refractivity contribution in [1.29, 1.82) is 5.26 Å². The second-order valence-corrected chi connectivity index (χ2v) is 8.33. The fourth-order valence-electron chi connectivity index (χ4n) is 2.53. The highest BCUT2D eigenvalue weighted by Crippen LogP contribution is 2.29. The number of halogens is 1. The fraction of sp³-hybridized carbons (Fsp3) is 0.500. The molecule has 2 rings (SSSR count). The van der Waals surface area contributed by atoms with Gasteiger partial charge in [-0.2, -0.15) is 17.0 Å². The summed E-state index contributed by atoms with van der Waals surface area (Å²) >= 11 is 7.76. The predicted molar refractivity (Wildman–Crippen MR) is 86.0 cm³/mol. The van der Waals surface area contributed by atoms with E-state index in [2.05, 4.69) is 11.0 Å². The molecule has 1 fully saturated rings. The Hall–Kier alpha value is -0.740. The minimum absolute atomic E-state index is 0.0190. The molecule has 0 bridgehead atoms. The number of hydrogen-bond donors (Lipinski definition) is 1. The lowest BCUT2D eigenvalue weighted by molar-refractivity contribution is 0.421. The van der Waals surface area contributed by atoms with E-state index in [0.29, 0.717) is 5.25 Å². The van der Waals surface area contributed by atoms with Crippen LogP contribution in [0.5, 0.6) is 0 Å². The van der Waals surface area contributed by atoms with Crippen LogP contribution < -0.4 is 4.72 Å². The molecule has 7 heteroatoms. The molecule has 1 aromatic rings. The van der Waals surface area contributed by atoms with Gasteiger partial charge in [-0.1, -0.05) is 18.0 Å². The van der Waals surface area contributed by atoms with E-state index in [1.165, 1.54) is 18.2 Å². The summed E-state index contributed by atoms with van der Waals surface area (Å²) in [4.78, 5) is -0.0190. The average Bonchev–Trinajstić information content (AvgIpc) is 2.47. The third-order valence-electron chi connectivity index (χ3n) is 3.63. The maximum absolute atomic E-state index is 12.5. The highest BCUT2D eigenvalue weighted by molar-refractivity contribution is 7.99. The van der Waals surface area contributed by atoms with Crippen molar-refractivity contribution in [3.8, 4) is 6.07 Å². The van der Waals surface area contributed by atoms with E-state index in [1.54, 1.807) is 11.8 Å². The van der Waals surface area contributed by atoms with Crippen molar-refractivity contribution >= 4 is 33.4 Å². The van der Waals surface area contributed by atoms with Crippen molar-refractivity contribution < 1.29 is 8.42 Å². The molecule has 1 aliphatic rings. The molecule has 1 aromatic carbocycles. The standard InChI is InChI=1S/C14H17ClN2O2S2/c1-20-12-4-2-3-11(8-12)17-21(18,19)14-7-10(9-16)5-6-13(14)15/h5-7,11-12,17H,2-4,8H2,1H3. The Kier molecular flexibility index (Phi) is 5.55. The van der Waals surface area contributed by atoms with Crippen LogP contribution in [-0.4, -0.2) is 26.0 Å².